The van der Waals surface area contributed by atoms with Crippen molar-refractivity contribution >= 4 is 0 Å². The van der Waals surface area contributed by atoms with Crippen LogP contribution in [0, 0.1) is 0 Å². The van der Waals surface area contributed by atoms with Crippen LogP contribution in [0.2, 0.25) is 0 Å². The average molecular weight is 169 g/mol. The van der Waals surface area contributed by atoms with Crippen LogP contribution in [0.1, 0.15) is 33.1 Å². The largest absolute Gasteiger partial charge is 0.302 e. The number of hydrogen-bond acceptors (Lipinski definition) is 1. The van der Waals surface area contributed by atoms with Gasteiger partial charge in [-0.05, 0) is 25.9 Å². The van der Waals surface area contributed by atoms with E-state index < -0.39 is 0 Å². The molecule has 0 N–H and O–H groups in total. The Morgan fingerprint density at radius 3 is 2.50 bits per heavy atom. The summed E-state index contributed by atoms with van der Waals surface area (Å²) in [6, 6.07) is 0.638. The lowest BCUT2D eigenvalue weighted by Gasteiger charge is -2.27. The van der Waals surface area contributed by atoms with Crippen LogP contribution >= 0.6 is 0 Å². The first kappa shape index (κ1) is 10.0. The van der Waals surface area contributed by atoms with Gasteiger partial charge in [0.25, 0.3) is 0 Å². The average Bonchev–Trinajstić information content (AvgIpc) is 2.16. The Labute approximate surface area is 76.3 Å². The van der Waals surface area contributed by atoms with Crippen molar-refractivity contribution in [3.8, 4) is 0 Å². The summed E-state index contributed by atoms with van der Waals surface area (Å²) in [6.07, 6.45) is 4.01. The Kier molecular flexibility index (Phi) is 4.62. The molecule has 0 aromatic rings. The van der Waals surface area contributed by atoms with Crippen molar-refractivity contribution in [2.75, 3.05) is 26.2 Å². The zero-order valence-electron chi connectivity index (χ0n) is 8.42. The Morgan fingerprint density at radius 2 is 2.00 bits per heavy atom. The second-order valence-corrected chi connectivity index (χ2v) is 3.54. The Hall–Kier alpha value is -0.0800. The van der Waals surface area contributed by atoms with Gasteiger partial charge in [-0.15, -0.1) is 0 Å². The van der Waals surface area contributed by atoms with E-state index in [0.29, 0.717) is 6.04 Å². The van der Waals surface area contributed by atoms with Crippen molar-refractivity contribution in [2.45, 2.75) is 39.2 Å². The topological polar surface area (TPSA) is 17.3 Å². The molecule has 0 spiro atoms. The third kappa shape index (κ3) is 3.11. The molecule has 0 aromatic carbocycles. The fourth-order valence-corrected chi connectivity index (χ4v) is 1.79. The molecule has 1 atom stereocenters. The molecule has 1 rings (SSSR count). The summed E-state index contributed by atoms with van der Waals surface area (Å²) < 4.78 is 0. The van der Waals surface area contributed by atoms with E-state index in [1.165, 1.54) is 38.9 Å². The van der Waals surface area contributed by atoms with E-state index in [-0.39, 0.29) is 0 Å². The van der Waals surface area contributed by atoms with Gasteiger partial charge in [-0.25, -0.2) is 5.32 Å². The van der Waals surface area contributed by atoms with Crippen LogP contribution in [0.25, 0.3) is 0 Å². The fourth-order valence-electron chi connectivity index (χ4n) is 1.79. The first-order chi connectivity index (χ1) is 5.86. The number of nitrogens with zero attached hydrogens (tertiary/aromatic N) is 2. The molecule has 2 nitrogen and oxygen atoms in total. The SMILES string of the molecule is CCN(CC)CC1CCCC[N]1. The van der Waals surface area contributed by atoms with Crippen LogP contribution in [0.4, 0.5) is 0 Å². The Morgan fingerprint density at radius 1 is 1.25 bits per heavy atom. The zero-order chi connectivity index (χ0) is 8.81. The van der Waals surface area contributed by atoms with Gasteiger partial charge in [-0.3, -0.25) is 0 Å². The van der Waals surface area contributed by atoms with Gasteiger partial charge in [-0.1, -0.05) is 20.3 Å². The van der Waals surface area contributed by atoms with Crippen LogP contribution in [-0.4, -0.2) is 37.1 Å². The van der Waals surface area contributed by atoms with Crippen molar-refractivity contribution in [2.24, 2.45) is 0 Å². The highest BCUT2D eigenvalue weighted by Crippen LogP contribution is 2.09. The van der Waals surface area contributed by atoms with E-state index in [2.05, 4.69) is 24.1 Å². The van der Waals surface area contributed by atoms with E-state index in [4.69, 9.17) is 0 Å². The minimum atomic E-state index is 0.638. The van der Waals surface area contributed by atoms with Gasteiger partial charge in [0.05, 0.1) is 0 Å². The first-order valence-electron chi connectivity index (χ1n) is 5.25. The molecule has 0 saturated carbocycles. The molecule has 1 aliphatic rings. The maximum absolute atomic E-state index is 4.62. The summed E-state index contributed by atoms with van der Waals surface area (Å²) in [4.78, 5) is 2.47. The monoisotopic (exact) mass is 169 g/mol. The molecule has 71 valence electrons. The van der Waals surface area contributed by atoms with Gasteiger partial charge < -0.3 is 4.90 Å². The number of hydrogen-bond donors (Lipinski definition) is 0. The molecule has 12 heavy (non-hydrogen) atoms. The van der Waals surface area contributed by atoms with Crippen molar-refractivity contribution in [1.29, 1.82) is 0 Å². The predicted molar refractivity (Wildman–Crippen MR) is 52.4 cm³/mol. The number of rotatable bonds is 4. The lowest BCUT2D eigenvalue weighted by atomic mass is 10.0. The van der Waals surface area contributed by atoms with Crippen molar-refractivity contribution in [3.05, 3.63) is 0 Å². The molecule has 1 fully saturated rings. The Balaban J connectivity index is 2.18. The maximum atomic E-state index is 4.62. The van der Waals surface area contributed by atoms with Gasteiger partial charge in [0.1, 0.15) is 0 Å². The molecule has 1 radical (unpaired) electrons. The maximum Gasteiger partial charge on any atom is 0.0373 e. The summed E-state index contributed by atoms with van der Waals surface area (Å²) in [5.74, 6) is 0. The van der Waals surface area contributed by atoms with Gasteiger partial charge in [0, 0.05) is 19.1 Å². The molecule has 1 saturated heterocycles. The van der Waals surface area contributed by atoms with Crippen molar-refractivity contribution in [3.63, 3.8) is 0 Å². The fraction of sp³-hybridized carbons (Fsp3) is 1.00. The predicted octanol–water partition coefficient (Wildman–Crippen LogP) is 1.49. The van der Waals surface area contributed by atoms with E-state index in [9.17, 15) is 0 Å². The van der Waals surface area contributed by atoms with Crippen LogP contribution in [0.15, 0.2) is 0 Å². The summed E-state index contributed by atoms with van der Waals surface area (Å²) in [7, 11) is 0. The second-order valence-electron chi connectivity index (χ2n) is 3.54. The molecule has 0 bridgehead atoms. The minimum absolute atomic E-state index is 0.638. The van der Waals surface area contributed by atoms with E-state index in [0.717, 1.165) is 6.54 Å². The molecule has 0 aliphatic carbocycles. The molecule has 2 heteroatoms. The standard InChI is InChI=1S/C10H21N2/c1-3-12(4-2)9-10-7-5-6-8-11-10/h10H,3-9H2,1-2H3. The van der Waals surface area contributed by atoms with Crippen molar-refractivity contribution in [1.82, 2.24) is 10.2 Å². The first-order valence-corrected chi connectivity index (χ1v) is 5.25. The summed E-state index contributed by atoms with van der Waals surface area (Å²) in [5, 5.41) is 4.62. The van der Waals surface area contributed by atoms with Gasteiger partial charge in [-0.2, -0.15) is 0 Å². The molecule has 0 amide bonds. The highest BCUT2D eigenvalue weighted by Gasteiger charge is 2.15. The zero-order valence-corrected chi connectivity index (χ0v) is 8.42. The van der Waals surface area contributed by atoms with E-state index >= 15 is 0 Å². The molecule has 1 heterocycles. The van der Waals surface area contributed by atoms with Crippen LogP contribution in [-0.2, 0) is 0 Å². The van der Waals surface area contributed by atoms with Crippen LogP contribution in [0.3, 0.4) is 0 Å². The highest BCUT2D eigenvalue weighted by molar-refractivity contribution is 4.74. The Bertz CT molecular complexity index is 104. The van der Waals surface area contributed by atoms with Gasteiger partial charge in [0.15, 0.2) is 0 Å². The number of likely N-dealkylation sites (N-methyl/N-ethyl adjacent to an activating group) is 1. The lowest BCUT2D eigenvalue weighted by molar-refractivity contribution is 0.240. The summed E-state index contributed by atoms with van der Waals surface area (Å²) >= 11 is 0. The third-order valence-electron chi connectivity index (χ3n) is 2.70. The molecule has 0 aromatic heterocycles. The molecular weight excluding hydrogens is 148 g/mol. The van der Waals surface area contributed by atoms with Gasteiger partial charge in [0.2, 0.25) is 0 Å². The molecular formula is C10H21N2. The van der Waals surface area contributed by atoms with Gasteiger partial charge >= 0.3 is 0 Å². The lowest BCUT2D eigenvalue weighted by Crippen LogP contribution is -2.39. The van der Waals surface area contributed by atoms with E-state index in [1.807, 2.05) is 0 Å². The molecule has 1 aliphatic heterocycles. The summed E-state index contributed by atoms with van der Waals surface area (Å²) in [6.45, 7) is 9.09. The quantitative estimate of drug-likeness (QED) is 0.623. The molecule has 1 unspecified atom stereocenters. The smallest absolute Gasteiger partial charge is 0.0373 e. The van der Waals surface area contributed by atoms with E-state index in [1.54, 1.807) is 0 Å². The number of piperidine rings is 1. The highest BCUT2D eigenvalue weighted by atomic mass is 15.1. The third-order valence-corrected chi connectivity index (χ3v) is 2.70. The van der Waals surface area contributed by atoms with Crippen molar-refractivity contribution < 1.29 is 0 Å². The summed E-state index contributed by atoms with van der Waals surface area (Å²) in [5.41, 5.74) is 0. The van der Waals surface area contributed by atoms with Crippen LogP contribution in [0.5, 0.6) is 0 Å². The second kappa shape index (κ2) is 5.55. The normalized spacial score (nSPS) is 24.8. The minimum Gasteiger partial charge on any atom is -0.302 e. The van der Waals surface area contributed by atoms with Crippen LogP contribution < -0.4 is 5.32 Å².